The number of aryl methyl sites for hydroxylation is 1. The van der Waals surface area contributed by atoms with E-state index in [0.717, 1.165) is 36.6 Å². The summed E-state index contributed by atoms with van der Waals surface area (Å²) in [6.45, 7) is 6.69. The van der Waals surface area contributed by atoms with E-state index in [1.807, 2.05) is 13.8 Å². The van der Waals surface area contributed by atoms with Gasteiger partial charge in [-0.25, -0.2) is 15.8 Å². The summed E-state index contributed by atoms with van der Waals surface area (Å²) in [5.74, 6) is 7.72. The van der Waals surface area contributed by atoms with Gasteiger partial charge in [0.05, 0.1) is 13.2 Å². The molecule has 114 valence electrons. The Morgan fingerprint density at radius 1 is 1.15 bits per heavy atom. The van der Waals surface area contributed by atoms with Crippen LogP contribution in [0.4, 0.5) is 11.6 Å². The molecular weight excluding hydrogens is 258 g/mol. The average molecular weight is 283 g/mol. The number of nitrogen functional groups attached to an aromatic ring is 1. The molecule has 0 aliphatic heterocycles. The Balaban J connectivity index is 2.43. The van der Waals surface area contributed by atoms with Crippen LogP contribution in [0.25, 0.3) is 0 Å². The van der Waals surface area contributed by atoms with Crippen molar-refractivity contribution in [1.29, 1.82) is 0 Å². The zero-order chi connectivity index (χ0) is 14.8. The third-order valence-corrected chi connectivity index (χ3v) is 2.83. The van der Waals surface area contributed by atoms with E-state index in [1.165, 1.54) is 0 Å². The molecule has 1 aromatic heterocycles. The first kappa shape index (κ1) is 16.6. The van der Waals surface area contributed by atoms with Crippen LogP contribution < -0.4 is 16.6 Å². The molecule has 20 heavy (non-hydrogen) atoms. The molecule has 0 spiro atoms. The summed E-state index contributed by atoms with van der Waals surface area (Å²) in [6.07, 6.45) is 1.67. The molecule has 0 fully saturated rings. The van der Waals surface area contributed by atoms with Gasteiger partial charge in [-0.05, 0) is 13.3 Å². The quantitative estimate of drug-likeness (QED) is 0.336. The standard InChI is InChI=1S/C13H25N5O2/c1-4-11-16-12(10(2)13(17-11)18-14)15-6-5-7-20-9-8-19-3/h4-9,14H2,1-3H3,(H2,15,16,17,18). The molecule has 0 aliphatic rings. The first-order valence-electron chi connectivity index (χ1n) is 6.87. The maximum atomic E-state index is 5.47. The Morgan fingerprint density at radius 2 is 1.90 bits per heavy atom. The molecule has 0 unspecified atom stereocenters. The zero-order valence-corrected chi connectivity index (χ0v) is 12.5. The molecule has 0 amide bonds. The molecular formula is C13H25N5O2. The summed E-state index contributed by atoms with van der Waals surface area (Å²) in [6, 6.07) is 0. The number of nitrogens with zero attached hydrogens (tertiary/aromatic N) is 2. The Morgan fingerprint density at radius 3 is 2.55 bits per heavy atom. The van der Waals surface area contributed by atoms with Gasteiger partial charge in [0.15, 0.2) is 0 Å². The van der Waals surface area contributed by atoms with Gasteiger partial charge < -0.3 is 20.2 Å². The molecule has 0 saturated heterocycles. The summed E-state index contributed by atoms with van der Waals surface area (Å²) in [5, 5.41) is 3.30. The SMILES string of the molecule is CCc1nc(NN)c(C)c(NCCCOCCOC)n1. The van der Waals surface area contributed by atoms with E-state index < -0.39 is 0 Å². The van der Waals surface area contributed by atoms with E-state index in [9.17, 15) is 0 Å². The van der Waals surface area contributed by atoms with Crippen molar-refractivity contribution in [3.63, 3.8) is 0 Å². The van der Waals surface area contributed by atoms with Crippen LogP contribution in [-0.4, -0.2) is 43.4 Å². The van der Waals surface area contributed by atoms with Gasteiger partial charge in [-0.1, -0.05) is 6.92 Å². The molecule has 1 heterocycles. The highest BCUT2D eigenvalue weighted by molar-refractivity contribution is 5.56. The van der Waals surface area contributed by atoms with Crippen LogP contribution in [0.15, 0.2) is 0 Å². The van der Waals surface area contributed by atoms with Crippen LogP contribution in [0.5, 0.6) is 0 Å². The molecule has 1 rings (SSSR count). The monoisotopic (exact) mass is 283 g/mol. The summed E-state index contributed by atoms with van der Waals surface area (Å²) >= 11 is 0. The van der Waals surface area contributed by atoms with Crippen LogP contribution in [0.2, 0.25) is 0 Å². The van der Waals surface area contributed by atoms with Crippen molar-refractivity contribution in [3.8, 4) is 0 Å². The molecule has 0 atom stereocenters. The minimum atomic E-state index is 0.629. The fourth-order valence-corrected chi connectivity index (χ4v) is 1.66. The molecule has 0 radical (unpaired) electrons. The fourth-order valence-electron chi connectivity index (χ4n) is 1.66. The summed E-state index contributed by atoms with van der Waals surface area (Å²) in [4.78, 5) is 8.79. The van der Waals surface area contributed by atoms with E-state index in [4.69, 9.17) is 15.3 Å². The van der Waals surface area contributed by atoms with Gasteiger partial charge in [0.1, 0.15) is 17.5 Å². The number of nitrogens with two attached hydrogens (primary N) is 1. The number of hydrogen-bond donors (Lipinski definition) is 3. The largest absolute Gasteiger partial charge is 0.382 e. The number of methoxy groups -OCH3 is 1. The third-order valence-electron chi connectivity index (χ3n) is 2.83. The van der Waals surface area contributed by atoms with Crippen molar-refractivity contribution in [2.75, 3.05) is 44.2 Å². The number of ether oxygens (including phenoxy) is 2. The summed E-state index contributed by atoms with van der Waals surface area (Å²) in [5.41, 5.74) is 3.53. The Labute approximate surface area is 120 Å². The van der Waals surface area contributed by atoms with Gasteiger partial charge in [-0.2, -0.15) is 0 Å². The lowest BCUT2D eigenvalue weighted by Crippen LogP contribution is -2.16. The Hall–Kier alpha value is -1.44. The summed E-state index contributed by atoms with van der Waals surface area (Å²) in [7, 11) is 1.66. The molecule has 0 aromatic carbocycles. The highest BCUT2D eigenvalue weighted by Gasteiger charge is 2.08. The smallest absolute Gasteiger partial charge is 0.148 e. The number of hydrazine groups is 1. The van der Waals surface area contributed by atoms with E-state index >= 15 is 0 Å². The maximum absolute atomic E-state index is 5.47. The molecule has 0 saturated carbocycles. The van der Waals surface area contributed by atoms with Gasteiger partial charge in [0.25, 0.3) is 0 Å². The van der Waals surface area contributed by atoms with E-state index in [-0.39, 0.29) is 0 Å². The molecule has 1 aromatic rings. The van der Waals surface area contributed by atoms with Crippen molar-refractivity contribution in [1.82, 2.24) is 9.97 Å². The number of aromatic nitrogens is 2. The lowest BCUT2D eigenvalue weighted by atomic mass is 10.3. The van der Waals surface area contributed by atoms with Gasteiger partial charge >= 0.3 is 0 Å². The van der Waals surface area contributed by atoms with Crippen LogP contribution >= 0.6 is 0 Å². The van der Waals surface area contributed by atoms with Crippen molar-refractivity contribution < 1.29 is 9.47 Å². The normalized spacial score (nSPS) is 10.6. The van der Waals surface area contributed by atoms with Crippen molar-refractivity contribution in [2.24, 2.45) is 5.84 Å². The van der Waals surface area contributed by atoms with Crippen LogP contribution in [0.1, 0.15) is 24.7 Å². The van der Waals surface area contributed by atoms with Crippen LogP contribution in [0, 0.1) is 6.92 Å². The Bertz CT molecular complexity index is 401. The fraction of sp³-hybridized carbons (Fsp3) is 0.692. The van der Waals surface area contributed by atoms with Gasteiger partial charge in [-0.15, -0.1) is 0 Å². The maximum Gasteiger partial charge on any atom is 0.148 e. The number of hydrogen-bond acceptors (Lipinski definition) is 7. The van der Waals surface area contributed by atoms with Gasteiger partial charge in [0, 0.05) is 32.2 Å². The second-order valence-corrected chi connectivity index (χ2v) is 4.35. The van der Waals surface area contributed by atoms with Gasteiger partial charge in [0.2, 0.25) is 0 Å². The predicted octanol–water partition coefficient (Wildman–Crippen LogP) is 1.10. The van der Waals surface area contributed by atoms with E-state index in [1.54, 1.807) is 7.11 Å². The lowest BCUT2D eigenvalue weighted by molar-refractivity contribution is 0.0705. The second kappa shape index (κ2) is 9.46. The van der Waals surface area contributed by atoms with Crippen LogP contribution in [0.3, 0.4) is 0 Å². The highest BCUT2D eigenvalue weighted by atomic mass is 16.5. The minimum absolute atomic E-state index is 0.629. The molecule has 7 heteroatoms. The highest BCUT2D eigenvalue weighted by Crippen LogP contribution is 2.19. The second-order valence-electron chi connectivity index (χ2n) is 4.35. The number of anilines is 2. The first-order chi connectivity index (χ1) is 9.72. The Kier molecular flexibility index (Phi) is 7.86. The molecule has 0 aliphatic carbocycles. The summed E-state index contributed by atoms with van der Waals surface area (Å²) < 4.78 is 10.3. The average Bonchev–Trinajstić information content (AvgIpc) is 2.47. The van der Waals surface area contributed by atoms with E-state index in [0.29, 0.717) is 25.6 Å². The first-order valence-corrected chi connectivity index (χ1v) is 6.87. The lowest BCUT2D eigenvalue weighted by Gasteiger charge is -2.13. The topological polar surface area (TPSA) is 94.3 Å². The molecule has 0 bridgehead atoms. The van der Waals surface area contributed by atoms with Crippen molar-refractivity contribution in [3.05, 3.63) is 11.4 Å². The zero-order valence-electron chi connectivity index (χ0n) is 12.5. The minimum Gasteiger partial charge on any atom is -0.382 e. The van der Waals surface area contributed by atoms with Gasteiger partial charge in [-0.3, -0.25) is 0 Å². The number of rotatable bonds is 10. The molecule has 7 nitrogen and oxygen atoms in total. The third kappa shape index (κ3) is 5.28. The van der Waals surface area contributed by atoms with E-state index in [2.05, 4.69) is 20.7 Å². The van der Waals surface area contributed by atoms with Crippen LogP contribution in [-0.2, 0) is 15.9 Å². The molecule has 4 N–H and O–H groups in total. The number of nitrogens with one attached hydrogen (secondary N) is 2. The van der Waals surface area contributed by atoms with Crippen molar-refractivity contribution >= 4 is 11.6 Å². The predicted molar refractivity (Wildman–Crippen MR) is 79.8 cm³/mol. The van der Waals surface area contributed by atoms with Crippen molar-refractivity contribution in [2.45, 2.75) is 26.7 Å².